The zero-order valence-corrected chi connectivity index (χ0v) is 11.7. The lowest BCUT2D eigenvalue weighted by molar-refractivity contribution is 0.255. The lowest BCUT2D eigenvalue weighted by Crippen LogP contribution is -2.24. The minimum Gasteiger partial charge on any atom is -0.314 e. The Morgan fingerprint density at radius 2 is 2.05 bits per heavy atom. The summed E-state index contributed by atoms with van der Waals surface area (Å²) in [5.74, 6) is 0.538. The summed E-state index contributed by atoms with van der Waals surface area (Å²) in [7, 11) is 0. The molecule has 1 aromatic carbocycles. The third kappa shape index (κ3) is 3.83. The number of hydrogen-bond acceptors (Lipinski definition) is 2. The molecule has 1 heterocycles. The fourth-order valence-electron chi connectivity index (χ4n) is 1.58. The van der Waals surface area contributed by atoms with E-state index in [0.29, 0.717) is 10.8 Å². The molecule has 0 aliphatic carbocycles. The molecule has 2 aromatic rings. The normalized spacial score (nSPS) is 10.5. The van der Waals surface area contributed by atoms with Gasteiger partial charge in [-0.1, -0.05) is 35.9 Å². The van der Waals surface area contributed by atoms with Crippen LogP contribution in [0.1, 0.15) is 11.1 Å². The van der Waals surface area contributed by atoms with Gasteiger partial charge in [0.15, 0.2) is 0 Å². The van der Waals surface area contributed by atoms with Crippen LogP contribution in [-0.4, -0.2) is 11.0 Å². The van der Waals surface area contributed by atoms with Crippen molar-refractivity contribution in [3.8, 4) is 0 Å². The number of carbonyl (C=O) groups is 1. The van der Waals surface area contributed by atoms with E-state index in [9.17, 15) is 4.79 Å². The molecule has 0 spiro atoms. The highest BCUT2D eigenvalue weighted by Gasteiger charge is 2.02. The first-order chi connectivity index (χ1) is 9.66. The van der Waals surface area contributed by atoms with E-state index in [2.05, 4.69) is 15.6 Å². The fourth-order valence-corrected chi connectivity index (χ4v) is 1.78. The van der Waals surface area contributed by atoms with E-state index in [0.717, 1.165) is 11.1 Å². The van der Waals surface area contributed by atoms with Crippen molar-refractivity contribution in [2.24, 2.45) is 0 Å². The van der Waals surface area contributed by atoms with Crippen molar-refractivity contribution in [3.05, 3.63) is 64.9 Å². The average molecular weight is 288 g/mol. The maximum Gasteiger partial charge on any atom is 0.324 e. The van der Waals surface area contributed by atoms with E-state index in [-0.39, 0.29) is 6.03 Å². The number of hydrogen-bond donors (Lipinski definition) is 2. The molecule has 20 heavy (non-hydrogen) atoms. The Morgan fingerprint density at radius 3 is 2.80 bits per heavy atom. The number of anilines is 1. The van der Waals surface area contributed by atoms with Gasteiger partial charge in [-0.2, -0.15) is 0 Å². The Hall–Kier alpha value is -2.33. The number of aromatic nitrogens is 1. The minimum absolute atomic E-state index is 0.352. The van der Waals surface area contributed by atoms with E-state index in [4.69, 9.17) is 11.6 Å². The molecule has 2 rings (SSSR count). The lowest BCUT2D eigenvalue weighted by atomic mass is 10.2. The van der Waals surface area contributed by atoms with Gasteiger partial charge in [0.05, 0.1) is 0 Å². The summed E-state index contributed by atoms with van der Waals surface area (Å²) in [6.45, 7) is 1.88. The third-order valence-electron chi connectivity index (χ3n) is 2.62. The molecule has 0 radical (unpaired) electrons. The van der Waals surface area contributed by atoms with Crippen molar-refractivity contribution < 1.29 is 4.79 Å². The molecule has 0 aliphatic heterocycles. The number of carbonyl (C=O) groups excluding carboxylic acids is 1. The molecular weight excluding hydrogens is 274 g/mol. The molecular formula is C15H14ClN3O. The predicted octanol–water partition coefficient (Wildman–Crippen LogP) is 3.84. The largest absolute Gasteiger partial charge is 0.324 e. The zero-order valence-electron chi connectivity index (χ0n) is 10.9. The maximum atomic E-state index is 11.7. The monoisotopic (exact) mass is 287 g/mol. The van der Waals surface area contributed by atoms with Crippen LogP contribution in [-0.2, 0) is 0 Å². The first-order valence-electron chi connectivity index (χ1n) is 6.07. The molecule has 102 valence electrons. The Kier molecular flexibility index (Phi) is 4.74. The topological polar surface area (TPSA) is 54.0 Å². The molecule has 2 N–H and O–H groups in total. The molecule has 0 saturated carbocycles. The zero-order chi connectivity index (χ0) is 14.4. The number of pyridine rings is 1. The highest BCUT2D eigenvalue weighted by atomic mass is 35.5. The molecule has 5 heteroatoms. The fraction of sp³-hybridized carbons (Fsp3) is 0.0667. The SMILES string of the molecule is Cc1cccnc1NC(=O)N/C=C/c1ccccc1Cl. The number of halogens is 1. The number of amides is 2. The van der Waals surface area contributed by atoms with Gasteiger partial charge in [-0.15, -0.1) is 0 Å². The number of rotatable bonds is 3. The van der Waals surface area contributed by atoms with Crippen molar-refractivity contribution in [2.45, 2.75) is 6.92 Å². The van der Waals surface area contributed by atoms with Crippen LogP contribution in [0.2, 0.25) is 5.02 Å². The van der Waals surface area contributed by atoms with Gasteiger partial charge in [-0.25, -0.2) is 9.78 Å². The van der Waals surface area contributed by atoms with Crippen LogP contribution in [0.3, 0.4) is 0 Å². The summed E-state index contributed by atoms with van der Waals surface area (Å²) >= 11 is 6.00. The van der Waals surface area contributed by atoms with E-state index in [1.807, 2.05) is 37.3 Å². The van der Waals surface area contributed by atoms with Crippen molar-refractivity contribution in [3.63, 3.8) is 0 Å². The standard InChI is InChI=1S/C15H14ClN3O/c1-11-5-4-9-17-14(11)19-15(20)18-10-8-12-6-2-3-7-13(12)16/h2-10H,1H3,(H2,17,18,19,20)/b10-8+. The number of urea groups is 1. The highest BCUT2D eigenvalue weighted by Crippen LogP contribution is 2.15. The summed E-state index contributed by atoms with van der Waals surface area (Å²) in [5.41, 5.74) is 1.74. The Balaban J connectivity index is 1.93. The minimum atomic E-state index is -0.352. The average Bonchev–Trinajstić information content (AvgIpc) is 2.43. The van der Waals surface area contributed by atoms with Crippen LogP contribution in [0, 0.1) is 6.92 Å². The van der Waals surface area contributed by atoms with Crippen LogP contribution in [0.4, 0.5) is 10.6 Å². The number of benzene rings is 1. The van der Waals surface area contributed by atoms with Gasteiger partial charge in [0.25, 0.3) is 0 Å². The van der Waals surface area contributed by atoms with Gasteiger partial charge in [-0.3, -0.25) is 5.32 Å². The van der Waals surface area contributed by atoms with E-state index in [1.54, 1.807) is 18.3 Å². The van der Waals surface area contributed by atoms with Crippen LogP contribution >= 0.6 is 11.6 Å². The van der Waals surface area contributed by atoms with Crippen LogP contribution in [0.25, 0.3) is 6.08 Å². The second-order valence-electron chi connectivity index (χ2n) is 4.12. The summed E-state index contributed by atoms with van der Waals surface area (Å²) < 4.78 is 0. The third-order valence-corrected chi connectivity index (χ3v) is 2.97. The predicted molar refractivity (Wildman–Crippen MR) is 81.6 cm³/mol. The van der Waals surface area contributed by atoms with Gasteiger partial charge < -0.3 is 5.32 Å². The smallest absolute Gasteiger partial charge is 0.314 e. The summed E-state index contributed by atoms with van der Waals surface area (Å²) in [5, 5.41) is 5.90. The molecule has 4 nitrogen and oxygen atoms in total. The molecule has 0 atom stereocenters. The number of nitrogens with one attached hydrogen (secondary N) is 2. The van der Waals surface area contributed by atoms with Gasteiger partial charge >= 0.3 is 6.03 Å². The summed E-state index contributed by atoms with van der Waals surface area (Å²) in [6.07, 6.45) is 4.89. The van der Waals surface area contributed by atoms with Crippen molar-refractivity contribution in [1.29, 1.82) is 0 Å². The Bertz CT molecular complexity index is 641. The maximum absolute atomic E-state index is 11.7. The van der Waals surface area contributed by atoms with Crippen molar-refractivity contribution in [2.75, 3.05) is 5.32 Å². The van der Waals surface area contributed by atoms with Crippen molar-refractivity contribution in [1.82, 2.24) is 10.3 Å². The second-order valence-corrected chi connectivity index (χ2v) is 4.53. The van der Waals surface area contributed by atoms with E-state index >= 15 is 0 Å². The molecule has 0 saturated heterocycles. The Morgan fingerprint density at radius 1 is 1.25 bits per heavy atom. The first kappa shape index (κ1) is 14.1. The van der Waals surface area contributed by atoms with Gasteiger partial charge in [-0.05, 0) is 36.3 Å². The van der Waals surface area contributed by atoms with E-state index in [1.165, 1.54) is 6.20 Å². The summed E-state index contributed by atoms with van der Waals surface area (Å²) in [6, 6.07) is 10.7. The Labute approximate surface area is 122 Å². The number of nitrogens with zero attached hydrogens (tertiary/aromatic N) is 1. The summed E-state index contributed by atoms with van der Waals surface area (Å²) in [4.78, 5) is 15.8. The van der Waals surface area contributed by atoms with E-state index < -0.39 is 0 Å². The van der Waals surface area contributed by atoms with Gasteiger partial charge in [0, 0.05) is 17.4 Å². The van der Waals surface area contributed by atoms with Crippen LogP contribution < -0.4 is 10.6 Å². The van der Waals surface area contributed by atoms with Crippen LogP contribution in [0.5, 0.6) is 0 Å². The molecule has 1 aromatic heterocycles. The molecule has 2 amide bonds. The van der Waals surface area contributed by atoms with Crippen LogP contribution in [0.15, 0.2) is 48.8 Å². The quantitative estimate of drug-likeness (QED) is 0.901. The molecule has 0 aliphatic rings. The molecule has 0 bridgehead atoms. The number of aryl methyl sites for hydroxylation is 1. The lowest BCUT2D eigenvalue weighted by Gasteiger charge is -2.06. The first-order valence-corrected chi connectivity index (χ1v) is 6.45. The highest BCUT2D eigenvalue weighted by molar-refractivity contribution is 6.32. The van der Waals surface area contributed by atoms with Crippen molar-refractivity contribution >= 4 is 29.5 Å². The molecule has 0 fully saturated rings. The molecule has 0 unspecified atom stereocenters. The van der Waals surface area contributed by atoms with Gasteiger partial charge in [0.2, 0.25) is 0 Å². The van der Waals surface area contributed by atoms with Gasteiger partial charge in [0.1, 0.15) is 5.82 Å². The second kappa shape index (κ2) is 6.73.